The normalized spacial score (nSPS) is 10.6. The topological polar surface area (TPSA) is 74.8 Å². The Balaban J connectivity index is 2.45. The Labute approximate surface area is 116 Å². The number of carbonyl (C=O) groups is 1. The molecule has 0 bridgehead atoms. The van der Waals surface area contributed by atoms with Crippen LogP contribution in [0, 0.1) is 0 Å². The quantitative estimate of drug-likeness (QED) is 0.913. The van der Waals surface area contributed by atoms with Crippen molar-refractivity contribution in [1.29, 1.82) is 0 Å². The second-order valence-corrected chi connectivity index (χ2v) is 4.22. The summed E-state index contributed by atoms with van der Waals surface area (Å²) in [6.07, 6.45) is -3.15. The highest BCUT2D eigenvalue weighted by Crippen LogP contribution is 2.29. The molecular weight excluding hydrogens is 292 g/mol. The second kappa shape index (κ2) is 5.79. The molecule has 0 radical (unpaired) electrons. The van der Waals surface area contributed by atoms with Crippen LogP contribution in [0.15, 0.2) is 35.1 Å². The lowest BCUT2D eigenvalue weighted by molar-refractivity contribution is -0.126. The van der Waals surface area contributed by atoms with Gasteiger partial charge in [0.2, 0.25) is 0 Å². The van der Waals surface area contributed by atoms with Crippen molar-refractivity contribution >= 4 is 23.2 Å². The molecule has 0 fully saturated rings. The van der Waals surface area contributed by atoms with Crippen molar-refractivity contribution < 1.29 is 13.6 Å². The molecule has 2 N–H and O–H groups in total. The molecule has 1 amide bonds. The number of amides is 1. The lowest BCUT2D eigenvalue weighted by Gasteiger charge is -2.10. The number of nitrogens with zero attached hydrogens (tertiary/aromatic N) is 1. The van der Waals surface area contributed by atoms with Crippen molar-refractivity contribution in [2.75, 3.05) is 5.32 Å². The number of alkyl halides is 2. The summed E-state index contributed by atoms with van der Waals surface area (Å²) in [5, 5.41) is 8.31. The van der Waals surface area contributed by atoms with Gasteiger partial charge in [0.25, 0.3) is 11.5 Å². The van der Waals surface area contributed by atoms with Crippen LogP contribution in [0.1, 0.15) is 0 Å². The van der Waals surface area contributed by atoms with Gasteiger partial charge in [-0.25, -0.2) is 5.10 Å². The Hall–Kier alpha value is -2.28. The molecule has 0 saturated heterocycles. The van der Waals surface area contributed by atoms with Crippen LogP contribution in [0.4, 0.5) is 14.5 Å². The van der Waals surface area contributed by atoms with E-state index in [-0.39, 0.29) is 10.7 Å². The fraction of sp³-hybridized carbons (Fsp3) is 0.0833. The molecule has 2 aromatic rings. The molecule has 1 aromatic carbocycles. The maximum atomic E-state index is 12.3. The zero-order valence-corrected chi connectivity index (χ0v) is 10.6. The first-order valence-corrected chi connectivity index (χ1v) is 5.80. The molecule has 5 nitrogen and oxygen atoms in total. The highest BCUT2D eigenvalue weighted by molar-refractivity contribution is 6.31. The number of hydrogen-bond acceptors (Lipinski definition) is 3. The van der Waals surface area contributed by atoms with Gasteiger partial charge in [-0.3, -0.25) is 9.59 Å². The van der Waals surface area contributed by atoms with E-state index in [0.717, 1.165) is 0 Å². The third-order valence-corrected chi connectivity index (χ3v) is 2.63. The summed E-state index contributed by atoms with van der Waals surface area (Å²) in [7, 11) is 0. The summed E-state index contributed by atoms with van der Waals surface area (Å²) in [6, 6.07) is 6.98. The molecule has 0 saturated carbocycles. The van der Waals surface area contributed by atoms with Gasteiger partial charge in [0.1, 0.15) is 0 Å². The number of carbonyl (C=O) groups excluding carboxylic acids is 1. The average molecular weight is 300 g/mol. The molecule has 1 aromatic heterocycles. The first-order chi connectivity index (χ1) is 9.47. The van der Waals surface area contributed by atoms with Crippen molar-refractivity contribution in [1.82, 2.24) is 10.2 Å². The molecule has 0 aliphatic heterocycles. The monoisotopic (exact) mass is 299 g/mol. The number of aromatic nitrogens is 2. The van der Waals surface area contributed by atoms with Crippen molar-refractivity contribution in [3.63, 3.8) is 0 Å². The van der Waals surface area contributed by atoms with Crippen molar-refractivity contribution in [3.8, 4) is 11.3 Å². The Kier molecular flexibility index (Phi) is 4.09. The van der Waals surface area contributed by atoms with Crippen LogP contribution in [-0.2, 0) is 4.79 Å². The minimum absolute atomic E-state index is 0.0855. The number of rotatable bonds is 3. The van der Waals surface area contributed by atoms with Crippen LogP contribution in [-0.4, -0.2) is 22.5 Å². The number of anilines is 1. The SMILES string of the molecule is O=C(Nc1cc(Cl)ccc1-c1ccc(=O)[nH]n1)C(F)F. The minimum atomic E-state index is -3.15. The van der Waals surface area contributed by atoms with Gasteiger partial charge in [0.05, 0.1) is 11.4 Å². The Morgan fingerprint density at radius 2 is 2.05 bits per heavy atom. The molecule has 0 unspecified atom stereocenters. The van der Waals surface area contributed by atoms with Crippen LogP contribution in [0.3, 0.4) is 0 Å². The zero-order chi connectivity index (χ0) is 14.7. The van der Waals surface area contributed by atoms with E-state index < -0.39 is 17.9 Å². The Bertz CT molecular complexity index is 683. The molecule has 104 valence electrons. The molecule has 0 spiro atoms. The van der Waals surface area contributed by atoms with Crippen LogP contribution in [0.2, 0.25) is 5.02 Å². The number of benzene rings is 1. The summed E-state index contributed by atoms with van der Waals surface area (Å²) in [5.41, 5.74) is 0.355. The summed E-state index contributed by atoms with van der Waals surface area (Å²) < 4.78 is 24.6. The van der Waals surface area contributed by atoms with Gasteiger partial charge >= 0.3 is 6.43 Å². The maximum Gasteiger partial charge on any atom is 0.315 e. The van der Waals surface area contributed by atoms with E-state index >= 15 is 0 Å². The number of aromatic amines is 1. The number of H-pyrrole nitrogens is 1. The molecule has 0 aliphatic rings. The number of halogens is 3. The smallest absolute Gasteiger partial charge is 0.315 e. The first-order valence-electron chi connectivity index (χ1n) is 5.42. The second-order valence-electron chi connectivity index (χ2n) is 3.79. The van der Waals surface area contributed by atoms with Gasteiger partial charge < -0.3 is 5.32 Å². The Morgan fingerprint density at radius 3 is 2.65 bits per heavy atom. The lowest BCUT2D eigenvalue weighted by atomic mass is 10.1. The van der Waals surface area contributed by atoms with E-state index in [9.17, 15) is 18.4 Å². The van der Waals surface area contributed by atoms with Gasteiger partial charge in [0, 0.05) is 16.7 Å². The maximum absolute atomic E-state index is 12.3. The minimum Gasteiger partial charge on any atom is -0.320 e. The number of nitrogens with one attached hydrogen (secondary N) is 2. The van der Waals surface area contributed by atoms with E-state index in [1.165, 1.54) is 30.3 Å². The van der Waals surface area contributed by atoms with Crippen molar-refractivity contribution in [3.05, 3.63) is 45.7 Å². The first kappa shape index (κ1) is 14.1. The van der Waals surface area contributed by atoms with Gasteiger partial charge in [-0.2, -0.15) is 13.9 Å². The third-order valence-electron chi connectivity index (χ3n) is 2.39. The summed E-state index contributed by atoms with van der Waals surface area (Å²) in [6.45, 7) is 0. The summed E-state index contributed by atoms with van der Waals surface area (Å²) in [5.74, 6) is -1.45. The predicted octanol–water partition coefficient (Wildman–Crippen LogP) is 2.29. The van der Waals surface area contributed by atoms with E-state index in [4.69, 9.17) is 11.6 Å². The summed E-state index contributed by atoms with van der Waals surface area (Å²) >= 11 is 5.78. The molecular formula is C12H8ClF2N3O2. The van der Waals surface area contributed by atoms with E-state index in [1.54, 1.807) is 0 Å². The van der Waals surface area contributed by atoms with Crippen molar-refractivity contribution in [2.24, 2.45) is 0 Å². The summed E-state index contributed by atoms with van der Waals surface area (Å²) in [4.78, 5) is 22.0. The molecule has 2 rings (SSSR count). The van der Waals surface area contributed by atoms with Gasteiger partial charge in [-0.05, 0) is 24.3 Å². The van der Waals surface area contributed by atoms with Gasteiger partial charge in [-0.1, -0.05) is 11.6 Å². The third kappa shape index (κ3) is 3.18. The highest BCUT2D eigenvalue weighted by atomic mass is 35.5. The molecule has 0 aliphatic carbocycles. The van der Waals surface area contributed by atoms with Crippen LogP contribution in [0.5, 0.6) is 0 Å². The number of hydrogen-bond donors (Lipinski definition) is 2. The zero-order valence-electron chi connectivity index (χ0n) is 9.86. The van der Waals surface area contributed by atoms with Crippen LogP contribution < -0.4 is 10.9 Å². The predicted molar refractivity (Wildman–Crippen MR) is 69.9 cm³/mol. The van der Waals surface area contributed by atoms with Crippen LogP contribution >= 0.6 is 11.6 Å². The van der Waals surface area contributed by atoms with E-state index in [2.05, 4.69) is 15.5 Å². The van der Waals surface area contributed by atoms with E-state index in [0.29, 0.717) is 11.3 Å². The lowest BCUT2D eigenvalue weighted by Crippen LogP contribution is -2.20. The molecule has 20 heavy (non-hydrogen) atoms. The van der Waals surface area contributed by atoms with Crippen molar-refractivity contribution in [2.45, 2.75) is 6.43 Å². The van der Waals surface area contributed by atoms with Gasteiger partial charge in [0.15, 0.2) is 0 Å². The fourth-order valence-corrected chi connectivity index (χ4v) is 1.70. The highest BCUT2D eigenvalue weighted by Gasteiger charge is 2.17. The average Bonchev–Trinajstić information content (AvgIpc) is 2.40. The Morgan fingerprint density at radius 1 is 1.30 bits per heavy atom. The molecule has 8 heteroatoms. The van der Waals surface area contributed by atoms with E-state index in [1.807, 2.05) is 0 Å². The van der Waals surface area contributed by atoms with Crippen LogP contribution in [0.25, 0.3) is 11.3 Å². The van der Waals surface area contributed by atoms with Gasteiger partial charge in [-0.15, -0.1) is 0 Å². The molecule has 1 heterocycles. The largest absolute Gasteiger partial charge is 0.320 e. The molecule has 0 atom stereocenters. The fourth-order valence-electron chi connectivity index (χ4n) is 1.53. The standard InChI is InChI=1S/C12H8ClF2N3O2/c13-6-1-2-7(8-3-4-10(19)18-17-8)9(5-6)16-12(20)11(14)15/h1-5,11H,(H,16,20)(H,18,19).